The molecule has 1 N–H and O–H groups in total. The van der Waals surface area contributed by atoms with Crippen LogP contribution in [0.4, 0.5) is 0 Å². The molecule has 0 bridgehead atoms. The highest BCUT2D eigenvalue weighted by Gasteiger charge is 2.12. The lowest BCUT2D eigenvalue weighted by Gasteiger charge is -2.03. The number of hydrogen-bond donors (Lipinski definition) is 1. The van der Waals surface area contributed by atoms with E-state index in [4.69, 9.17) is 0 Å². The highest BCUT2D eigenvalue weighted by Crippen LogP contribution is 2.28. The Morgan fingerprint density at radius 1 is 1.50 bits per heavy atom. The summed E-state index contributed by atoms with van der Waals surface area (Å²) < 4.78 is 4.68. The smallest absolute Gasteiger partial charge is 0.337 e. The second-order valence-electron chi connectivity index (χ2n) is 3.74. The van der Waals surface area contributed by atoms with Gasteiger partial charge in [0.25, 0.3) is 0 Å². The van der Waals surface area contributed by atoms with Crippen LogP contribution in [0.25, 0.3) is 11.3 Å². The number of aliphatic hydroxyl groups is 1. The van der Waals surface area contributed by atoms with Crippen molar-refractivity contribution >= 4 is 17.3 Å². The molecule has 1 aromatic heterocycles. The molecule has 0 unspecified atom stereocenters. The average molecular weight is 263 g/mol. The van der Waals surface area contributed by atoms with Crippen LogP contribution in [0.3, 0.4) is 0 Å². The Kier molecular flexibility index (Phi) is 3.74. The van der Waals surface area contributed by atoms with Crippen molar-refractivity contribution < 1.29 is 14.6 Å². The maximum Gasteiger partial charge on any atom is 0.337 e. The van der Waals surface area contributed by atoms with Crippen LogP contribution >= 0.6 is 11.3 Å². The summed E-state index contributed by atoms with van der Waals surface area (Å²) >= 11 is 1.45. The summed E-state index contributed by atoms with van der Waals surface area (Å²) in [4.78, 5) is 16.7. The van der Waals surface area contributed by atoms with Crippen molar-refractivity contribution in [2.45, 2.75) is 13.5 Å². The zero-order valence-corrected chi connectivity index (χ0v) is 11.0. The molecule has 0 radical (unpaired) electrons. The van der Waals surface area contributed by atoms with E-state index in [0.717, 1.165) is 21.1 Å². The zero-order chi connectivity index (χ0) is 13.1. The van der Waals surface area contributed by atoms with Crippen molar-refractivity contribution in [2.24, 2.45) is 0 Å². The molecule has 0 spiro atoms. The first kappa shape index (κ1) is 12.7. The van der Waals surface area contributed by atoms with Crippen molar-refractivity contribution in [3.63, 3.8) is 0 Å². The molecular formula is C13H13NO3S. The van der Waals surface area contributed by atoms with Crippen LogP contribution in [0.5, 0.6) is 0 Å². The third kappa shape index (κ3) is 2.42. The van der Waals surface area contributed by atoms with Crippen molar-refractivity contribution in [3.05, 3.63) is 39.7 Å². The summed E-state index contributed by atoms with van der Waals surface area (Å²) in [5.41, 5.74) is 2.02. The lowest BCUT2D eigenvalue weighted by Crippen LogP contribution is -2.01. The van der Waals surface area contributed by atoms with E-state index in [1.165, 1.54) is 18.4 Å². The van der Waals surface area contributed by atoms with Crippen LogP contribution < -0.4 is 0 Å². The number of thiazole rings is 1. The monoisotopic (exact) mass is 263 g/mol. The number of esters is 1. The Balaban J connectivity index is 2.47. The van der Waals surface area contributed by atoms with E-state index in [1.807, 2.05) is 13.0 Å². The topological polar surface area (TPSA) is 59.4 Å². The minimum atomic E-state index is -0.380. The molecule has 94 valence electrons. The van der Waals surface area contributed by atoms with Gasteiger partial charge in [-0.2, -0.15) is 0 Å². The Morgan fingerprint density at radius 2 is 2.28 bits per heavy atom. The number of aromatic nitrogens is 1. The summed E-state index contributed by atoms with van der Waals surface area (Å²) in [5, 5.41) is 10.2. The summed E-state index contributed by atoms with van der Waals surface area (Å²) in [6, 6.07) is 7.05. The van der Waals surface area contributed by atoms with E-state index < -0.39 is 0 Å². The molecule has 5 heteroatoms. The van der Waals surface area contributed by atoms with Crippen LogP contribution in [0, 0.1) is 6.92 Å². The quantitative estimate of drug-likeness (QED) is 0.864. The summed E-state index contributed by atoms with van der Waals surface area (Å²) in [6.07, 6.45) is 0. The molecule has 0 amide bonds. The van der Waals surface area contributed by atoms with Crippen molar-refractivity contribution in [1.29, 1.82) is 0 Å². The van der Waals surface area contributed by atoms with Gasteiger partial charge in [-0.3, -0.25) is 0 Å². The van der Waals surface area contributed by atoms with Crippen LogP contribution in [0.2, 0.25) is 0 Å². The first-order chi connectivity index (χ1) is 8.65. The molecule has 0 atom stereocenters. The molecule has 0 saturated carbocycles. The number of methoxy groups -OCH3 is 1. The minimum Gasteiger partial charge on any atom is -0.465 e. The Bertz CT molecular complexity index is 577. The fraction of sp³-hybridized carbons (Fsp3) is 0.231. The van der Waals surface area contributed by atoms with E-state index in [9.17, 15) is 9.90 Å². The second-order valence-corrected chi connectivity index (χ2v) is 5.02. The van der Waals surface area contributed by atoms with Crippen LogP contribution in [-0.4, -0.2) is 23.2 Å². The summed E-state index contributed by atoms with van der Waals surface area (Å²) in [5.74, 6) is -0.380. The fourth-order valence-electron chi connectivity index (χ4n) is 1.71. The van der Waals surface area contributed by atoms with Gasteiger partial charge < -0.3 is 9.84 Å². The van der Waals surface area contributed by atoms with Crippen LogP contribution in [-0.2, 0) is 11.3 Å². The Hall–Kier alpha value is -1.72. The van der Waals surface area contributed by atoms with Gasteiger partial charge in [0, 0.05) is 5.56 Å². The van der Waals surface area contributed by atoms with Gasteiger partial charge in [-0.1, -0.05) is 12.1 Å². The van der Waals surface area contributed by atoms with Crippen LogP contribution in [0.1, 0.15) is 20.2 Å². The third-order valence-electron chi connectivity index (χ3n) is 2.50. The van der Waals surface area contributed by atoms with Gasteiger partial charge in [0.1, 0.15) is 0 Å². The molecule has 1 aromatic carbocycles. The van der Waals surface area contributed by atoms with Gasteiger partial charge >= 0.3 is 5.97 Å². The Morgan fingerprint density at radius 3 is 2.94 bits per heavy atom. The van der Waals surface area contributed by atoms with Gasteiger partial charge in [0.05, 0.1) is 34.9 Å². The molecule has 2 aromatic rings. The molecular weight excluding hydrogens is 250 g/mol. The predicted octanol–water partition coefficient (Wildman–Crippen LogP) is 2.40. The van der Waals surface area contributed by atoms with E-state index in [2.05, 4.69) is 9.72 Å². The Labute approximate surface area is 109 Å². The standard InChI is InChI=1S/C13H13NO3S/c1-8-14-12(11(7-15)18-8)9-4-3-5-10(6-9)13(16)17-2/h3-6,15H,7H2,1-2H3. The fourth-order valence-corrected chi connectivity index (χ4v) is 2.53. The minimum absolute atomic E-state index is 0.0523. The molecule has 0 saturated heterocycles. The number of nitrogens with zero attached hydrogens (tertiary/aromatic N) is 1. The lowest BCUT2D eigenvalue weighted by atomic mass is 10.1. The number of ether oxygens (including phenoxy) is 1. The van der Waals surface area contributed by atoms with Crippen LogP contribution in [0.15, 0.2) is 24.3 Å². The predicted molar refractivity (Wildman–Crippen MR) is 69.5 cm³/mol. The normalized spacial score (nSPS) is 10.4. The van der Waals surface area contributed by atoms with Crippen molar-refractivity contribution in [1.82, 2.24) is 4.98 Å². The first-order valence-corrected chi connectivity index (χ1v) is 6.23. The molecule has 2 rings (SSSR count). The zero-order valence-electron chi connectivity index (χ0n) is 10.1. The van der Waals surface area contributed by atoms with Crippen molar-refractivity contribution in [3.8, 4) is 11.3 Å². The van der Waals surface area contributed by atoms with Gasteiger partial charge in [-0.05, 0) is 19.1 Å². The molecule has 18 heavy (non-hydrogen) atoms. The molecule has 1 heterocycles. The van der Waals surface area contributed by atoms with Gasteiger partial charge in [0.2, 0.25) is 0 Å². The number of rotatable bonds is 3. The molecule has 0 aliphatic carbocycles. The largest absolute Gasteiger partial charge is 0.465 e. The number of aryl methyl sites for hydroxylation is 1. The maximum absolute atomic E-state index is 11.5. The summed E-state index contributed by atoms with van der Waals surface area (Å²) in [7, 11) is 1.35. The first-order valence-electron chi connectivity index (χ1n) is 5.41. The van der Waals surface area contributed by atoms with Gasteiger partial charge in [0.15, 0.2) is 0 Å². The molecule has 0 fully saturated rings. The van der Waals surface area contributed by atoms with Crippen molar-refractivity contribution in [2.75, 3.05) is 7.11 Å². The summed E-state index contributed by atoms with van der Waals surface area (Å²) in [6.45, 7) is 1.83. The molecule has 4 nitrogen and oxygen atoms in total. The average Bonchev–Trinajstić information content (AvgIpc) is 2.79. The highest BCUT2D eigenvalue weighted by atomic mass is 32.1. The molecule has 0 aliphatic rings. The van der Waals surface area contributed by atoms with Gasteiger partial charge in [-0.15, -0.1) is 11.3 Å². The third-order valence-corrected chi connectivity index (χ3v) is 3.46. The maximum atomic E-state index is 11.5. The number of carbonyl (C=O) groups is 1. The van der Waals surface area contributed by atoms with E-state index in [-0.39, 0.29) is 12.6 Å². The number of benzene rings is 1. The lowest BCUT2D eigenvalue weighted by molar-refractivity contribution is 0.0601. The number of aliphatic hydroxyl groups excluding tert-OH is 1. The second kappa shape index (κ2) is 5.29. The number of carbonyl (C=O) groups excluding carboxylic acids is 1. The van der Waals surface area contributed by atoms with Gasteiger partial charge in [-0.25, -0.2) is 9.78 Å². The van der Waals surface area contributed by atoms with E-state index in [1.54, 1.807) is 18.2 Å². The van der Waals surface area contributed by atoms with E-state index in [0.29, 0.717) is 5.56 Å². The SMILES string of the molecule is COC(=O)c1cccc(-c2nc(C)sc2CO)c1. The van der Waals surface area contributed by atoms with E-state index >= 15 is 0 Å². The highest BCUT2D eigenvalue weighted by molar-refractivity contribution is 7.12. The number of hydrogen-bond acceptors (Lipinski definition) is 5. The molecule has 0 aliphatic heterocycles.